The molecule has 10 heteroatoms. The van der Waals surface area contributed by atoms with Crippen molar-refractivity contribution >= 4 is 46.7 Å². The molecule has 1 unspecified atom stereocenters. The summed E-state index contributed by atoms with van der Waals surface area (Å²) in [6.45, 7) is 3.24. The lowest BCUT2D eigenvalue weighted by molar-refractivity contribution is -0.145. The summed E-state index contributed by atoms with van der Waals surface area (Å²) in [6.07, 6.45) is 0. The first-order valence-electron chi connectivity index (χ1n) is 7.24. The minimum Gasteiger partial charge on any atom is -0.467 e. The summed E-state index contributed by atoms with van der Waals surface area (Å²) in [7, 11) is 1.21. The van der Waals surface area contributed by atoms with Crippen LogP contribution in [0.25, 0.3) is 11.1 Å². The maximum Gasteiger partial charge on any atom is 0.329 e. The fourth-order valence-electron chi connectivity index (χ4n) is 2.03. The van der Waals surface area contributed by atoms with Gasteiger partial charge in [0.25, 0.3) is 5.22 Å². The molecule has 1 N–H and O–H groups in total. The summed E-state index contributed by atoms with van der Waals surface area (Å²) in [4.78, 5) is 38.9. The standard InChI is InChI=1S/C15H17N3O5S2/c1-15(2,25-18-21)12(13(20)22-3)17-11(19)8-24-14-16-9-6-4-5-7-10(9)23-14/h4-7,12H,8H2,1-3H3,(H,17,19). The van der Waals surface area contributed by atoms with Gasteiger partial charge in [0.1, 0.15) is 11.6 Å². The quantitative estimate of drug-likeness (QED) is 0.321. The lowest BCUT2D eigenvalue weighted by Gasteiger charge is -2.29. The number of esters is 1. The molecule has 0 bridgehead atoms. The van der Waals surface area contributed by atoms with Crippen LogP contribution in [0.3, 0.4) is 0 Å². The molecule has 0 fully saturated rings. The van der Waals surface area contributed by atoms with Crippen molar-refractivity contribution < 1.29 is 18.7 Å². The van der Waals surface area contributed by atoms with Crippen LogP contribution in [0.15, 0.2) is 38.5 Å². The zero-order valence-corrected chi connectivity index (χ0v) is 15.5. The number of carbonyl (C=O) groups excluding carboxylic acids is 2. The molecule has 1 heterocycles. The summed E-state index contributed by atoms with van der Waals surface area (Å²) in [5.74, 6) is -1.07. The van der Waals surface area contributed by atoms with Crippen molar-refractivity contribution in [2.24, 2.45) is 4.58 Å². The number of thioether (sulfide) groups is 1. The molecule has 0 saturated heterocycles. The molecule has 0 spiro atoms. The second-order valence-electron chi connectivity index (χ2n) is 5.53. The molecule has 1 amide bonds. The molecule has 0 aliphatic carbocycles. The maximum absolute atomic E-state index is 12.2. The first-order valence-corrected chi connectivity index (χ1v) is 8.99. The molecule has 1 atom stereocenters. The Morgan fingerprint density at radius 1 is 1.40 bits per heavy atom. The number of methoxy groups -OCH3 is 1. The maximum atomic E-state index is 12.2. The Morgan fingerprint density at radius 2 is 2.12 bits per heavy atom. The van der Waals surface area contributed by atoms with Crippen LogP contribution in [0.2, 0.25) is 0 Å². The third kappa shape index (κ3) is 4.95. The third-order valence-electron chi connectivity index (χ3n) is 3.31. The minimum absolute atomic E-state index is 0.00438. The van der Waals surface area contributed by atoms with E-state index < -0.39 is 22.7 Å². The Balaban J connectivity index is 2.00. The van der Waals surface area contributed by atoms with Crippen LogP contribution in [0.4, 0.5) is 0 Å². The van der Waals surface area contributed by atoms with Crippen LogP contribution >= 0.6 is 23.7 Å². The lowest BCUT2D eigenvalue weighted by atomic mass is 10.0. The number of benzene rings is 1. The zero-order valence-electron chi connectivity index (χ0n) is 13.8. The van der Waals surface area contributed by atoms with Crippen LogP contribution in [0, 0.1) is 4.91 Å². The van der Waals surface area contributed by atoms with Gasteiger partial charge in [-0.05, 0) is 26.0 Å². The normalized spacial score (nSPS) is 12.6. The molecule has 0 radical (unpaired) electrons. The van der Waals surface area contributed by atoms with Gasteiger partial charge in [-0.25, -0.2) is 9.78 Å². The monoisotopic (exact) mass is 383 g/mol. The molecule has 1 aromatic heterocycles. The number of nitrogens with zero attached hydrogens (tertiary/aromatic N) is 2. The molecule has 8 nitrogen and oxygen atoms in total. The van der Waals surface area contributed by atoms with E-state index >= 15 is 0 Å². The van der Waals surface area contributed by atoms with E-state index in [1.165, 1.54) is 7.11 Å². The number of carbonyl (C=O) groups is 2. The molecular formula is C15H17N3O5S2. The first-order chi connectivity index (χ1) is 11.9. The van der Waals surface area contributed by atoms with Gasteiger partial charge >= 0.3 is 5.97 Å². The van der Waals surface area contributed by atoms with Crippen LogP contribution < -0.4 is 5.32 Å². The number of amides is 1. The lowest BCUT2D eigenvalue weighted by Crippen LogP contribution is -2.53. The Kier molecular flexibility index (Phi) is 6.43. The SMILES string of the molecule is COC(=O)C(NC(=O)CSc1nc2ccccc2o1)C(C)(C)SN=O. The fourth-order valence-corrected chi connectivity index (χ4v) is 3.13. The number of rotatable bonds is 8. The average molecular weight is 383 g/mol. The predicted octanol–water partition coefficient (Wildman–Crippen LogP) is 2.77. The Labute approximate surface area is 152 Å². The smallest absolute Gasteiger partial charge is 0.329 e. The number of oxazole rings is 1. The van der Waals surface area contributed by atoms with Gasteiger partial charge in [0.2, 0.25) is 5.91 Å². The van der Waals surface area contributed by atoms with Gasteiger partial charge in [0, 0.05) is 16.5 Å². The number of fused-ring (bicyclic) bond motifs is 1. The van der Waals surface area contributed by atoms with Crippen LogP contribution in [-0.4, -0.2) is 40.5 Å². The van der Waals surface area contributed by atoms with Crippen molar-refractivity contribution in [1.82, 2.24) is 10.3 Å². The van der Waals surface area contributed by atoms with E-state index in [2.05, 4.69) is 14.9 Å². The van der Waals surface area contributed by atoms with E-state index in [-0.39, 0.29) is 5.75 Å². The van der Waals surface area contributed by atoms with E-state index in [0.29, 0.717) is 28.3 Å². The van der Waals surface area contributed by atoms with Gasteiger partial charge in [0.05, 0.1) is 17.6 Å². The molecule has 1 aromatic carbocycles. The van der Waals surface area contributed by atoms with Crippen molar-refractivity contribution in [2.75, 3.05) is 12.9 Å². The number of ether oxygens (including phenoxy) is 1. The van der Waals surface area contributed by atoms with Crippen LogP contribution in [-0.2, 0) is 14.3 Å². The zero-order chi connectivity index (χ0) is 18.4. The minimum atomic E-state index is -1.02. The number of nitrogens with one attached hydrogen (secondary N) is 1. The number of hydrogen-bond donors (Lipinski definition) is 1. The van der Waals surface area contributed by atoms with Gasteiger partial charge in [-0.1, -0.05) is 23.9 Å². The molecular weight excluding hydrogens is 366 g/mol. The largest absolute Gasteiger partial charge is 0.467 e. The Morgan fingerprint density at radius 3 is 2.76 bits per heavy atom. The first kappa shape index (κ1) is 19.3. The van der Waals surface area contributed by atoms with Gasteiger partial charge < -0.3 is 14.5 Å². The van der Waals surface area contributed by atoms with E-state index in [1.54, 1.807) is 19.9 Å². The fraction of sp³-hybridized carbons (Fsp3) is 0.400. The molecule has 134 valence electrons. The molecule has 0 aliphatic rings. The highest BCUT2D eigenvalue weighted by atomic mass is 32.2. The van der Waals surface area contributed by atoms with E-state index in [1.807, 2.05) is 18.2 Å². The highest BCUT2D eigenvalue weighted by Gasteiger charge is 2.39. The third-order valence-corrected chi connectivity index (χ3v) is 4.92. The summed E-state index contributed by atoms with van der Waals surface area (Å²) >= 11 is 1.77. The van der Waals surface area contributed by atoms with E-state index in [4.69, 9.17) is 9.15 Å². The van der Waals surface area contributed by atoms with Crippen LogP contribution in [0.1, 0.15) is 13.8 Å². The average Bonchev–Trinajstić information content (AvgIpc) is 3.00. The van der Waals surface area contributed by atoms with Crippen molar-refractivity contribution in [3.8, 4) is 0 Å². The van der Waals surface area contributed by atoms with Crippen molar-refractivity contribution in [3.05, 3.63) is 29.2 Å². The highest BCUT2D eigenvalue weighted by Crippen LogP contribution is 2.30. The summed E-state index contributed by atoms with van der Waals surface area (Å²) < 4.78 is 12.0. The van der Waals surface area contributed by atoms with Gasteiger partial charge in [-0.15, -0.1) is 4.91 Å². The summed E-state index contributed by atoms with van der Waals surface area (Å²) in [5.41, 5.74) is 1.33. The van der Waals surface area contributed by atoms with E-state index in [9.17, 15) is 14.5 Å². The Hall–Kier alpha value is -2.07. The number of hydrogen-bond acceptors (Lipinski definition) is 9. The van der Waals surface area contributed by atoms with Crippen LogP contribution in [0.5, 0.6) is 0 Å². The molecule has 2 rings (SSSR count). The Bertz CT molecular complexity index is 744. The van der Waals surface area contributed by atoms with Crippen molar-refractivity contribution in [1.29, 1.82) is 0 Å². The van der Waals surface area contributed by atoms with Gasteiger partial charge in [-0.2, -0.15) is 0 Å². The second-order valence-corrected chi connectivity index (χ2v) is 7.84. The molecule has 25 heavy (non-hydrogen) atoms. The summed E-state index contributed by atoms with van der Waals surface area (Å²) in [5, 5.41) is 2.93. The topological polar surface area (TPSA) is 111 Å². The molecule has 0 aliphatic heterocycles. The number of nitroso groups, excluding NO2 is 1. The van der Waals surface area contributed by atoms with Crippen molar-refractivity contribution in [3.63, 3.8) is 0 Å². The second kappa shape index (κ2) is 8.34. The predicted molar refractivity (Wildman–Crippen MR) is 96.1 cm³/mol. The van der Waals surface area contributed by atoms with E-state index in [0.717, 1.165) is 11.8 Å². The number of aromatic nitrogens is 1. The van der Waals surface area contributed by atoms with Crippen molar-refractivity contribution in [2.45, 2.75) is 29.9 Å². The van der Waals surface area contributed by atoms with Gasteiger partial charge in [-0.3, -0.25) is 4.79 Å². The van der Waals surface area contributed by atoms with Gasteiger partial charge in [0.15, 0.2) is 5.58 Å². The molecule has 2 aromatic rings. The highest BCUT2D eigenvalue weighted by molar-refractivity contribution is 7.99. The summed E-state index contributed by atoms with van der Waals surface area (Å²) in [6, 6.07) is 6.25. The molecule has 0 saturated carbocycles. The number of para-hydroxylation sites is 2.